The van der Waals surface area contributed by atoms with Crippen LogP contribution in [0, 0.1) is 29.6 Å². The molecular formula is C27H22ClN3O3. The van der Waals surface area contributed by atoms with Crippen molar-refractivity contribution in [2.45, 2.75) is 20.5 Å². The first kappa shape index (κ1) is 24.4. The summed E-state index contributed by atoms with van der Waals surface area (Å²) in [6.07, 6.45) is 1.48. The number of nitrogens with one attached hydrogen (secondary N) is 1. The van der Waals surface area contributed by atoms with E-state index in [0.717, 1.165) is 11.1 Å². The van der Waals surface area contributed by atoms with E-state index in [1.165, 1.54) is 6.08 Å². The van der Waals surface area contributed by atoms with E-state index in [-0.39, 0.29) is 12.2 Å². The second-order valence-corrected chi connectivity index (χ2v) is 7.72. The van der Waals surface area contributed by atoms with Gasteiger partial charge in [0.1, 0.15) is 18.2 Å². The first-order valence-electron chi connectivity index (χ1n) is 10.5. The van der Waals surface area contributed by atoms with Crippen LogP contribution in [0.5, 0.6) is 11.5 Å². The van der Waals surface area contributed by atoms with Crippen LogP contribution in [-0.4, -0.2) is 12.5 Å². The van der Waals surface area contributed by atoms with Crippen molar-refractivity contribution in [2.24, 2.45) is 0 Å². The minimum atomic E-state index is -0.542. The molecule has 3 rings (SSSR count). The van der Waals surface area contributed by atoms with Crippen LogP contribution in [-0.2, 0) is 11.4 Å². The zero-order chi connectivity index (χ0) is 24.5. The van der Waals surface area contributed by atoms with Gasteiger partial charge in [0.15, 0.2) is 11.5 Å². The highest BCUT2D eigenvalue weighted by molar-refractivity contribution is 6.31. The number of benzene rings is 3. The number of ether oxygens (including phenoxy) is 2. The minimum absolute atomic E-state index is 0.0709. The molecule has 0 saturated carbocycles. The molecule has 0 unspecified atom stereocenters. The van der Waals surface area contributed by atoms with Gasteiger partial charge in [0.25, 0.3) is 5.91 Å². The zero-order valence-corrected chi connectivity index (χ0v) is 19.5. The van der Waals surface area contributed by atoms with Crippen molar-refractivity contribution in [1.29, 1.82) is 10.5 Å². The van der Waals surface area contributed by atoms with Crippen LogP contribution >= 0.6 is 11.6 Å². The Kier molecular flexibility index (Phi) is 8.29. The van der Waals surface area contributed by atoms with Gasteiger partial charge in [0.2, 0.25) is 0 Å². The van der Waals surface area contributed by atoms with Gasteiger partial charge in [-0.1, -0.05) is 41.9 Å². The molecular weight excluding hydrogens is 450 g/mol. The third-order valence-electron chi connectivity index (χ3n) is 4.91. The lowest BCUT2D eigenvalue weighted by molar-refractivity contribution is -0.112. The number of aryl methyl sites for hydroxylation is 1. The molecule has 0 aliphatic rings. The number of hydrogen-bond acceptors (Lipinski definition) is 5. The Morgan fingerprint density at radius 1 is 1.06 bits per heavy atom. The molecule has 1 N–H and O–H groups in total. The maximum absolute atomic E-state index is 12.7. The van der Waals surface area contributed by atoms with Gasteiger partial charge in [-0.3, -0.25) is 4.79 Å². The van der Waals surface area contributed by atoms with Crippen molar-refractivity contribution in [1.82, 2.24) is 0 Å². The molecule has 34 heavy (non-hydrogen) atoms. The molecule has 0 bridgehead atoms. The van der Waals surface area contributed by atoms with E-state index in [2.05, 4.69) is 11.4 Å². The molecule has 3 aromatic rings. The molecule has 0 radical (unpaired) electrons. The molecule has 0 fully saturated rings. The third-order valence-corrected chi connectivity index (χ3v) is 5.15. The molecule has 0 spiro atoms. The Morgan fingerprint density at radius 2 is 1.85 bits per heavy atom. The number of hydrogen-bond donors (Lipinski definition) is 1. The Labute approximate surface area is 203 Å². The first-order valence-corrected chi connectivity index (χ1v) is 10.9. The fraction of sp³-hybridized carbons (Fsp3) is 0.148. The van der Waals surface area contributed by atoms with Crippen LogP contribution in [0.25, 0.3) is 6.08 Å². The second-order valence-electron chi connectivity index (χ2n) is 7.28. The molecule has 0 aliphatic carbocycles. The van der Waals surface area contributed by atoms with Gasteiger partial charge in [0.05, 0.1) is 18.2 Å². The molecule has 7 heteroatoms. The molecule has 170 valence electrons. The van der Waals surface area contributed by atoms with Crippen molar-refractivity contribution < 1.29 is 14.3 Å². The minimum Gasteiger partial charge on any atom is -0.490 e. The van der Waals surface area contributed by atoms with E-state index in [1.807, 2.05) is 32.0 Å². The Hall–Kier alpha value is -4.26. The van der Waals surface area contributed by atoms with E-state index in [4.69, 9.17) is 21.1 Å². The molecule has 0 heterocycles. The van der Waals surface area contributed by atoms with Crippen LogP contribution in [0.2, 0.25) is 5.02 Å². The smallest absolute Gasteiger partial charge is 0.266 e. The van der Waals surface area contributed by atoms with Crippen LogP contribution in [0.1, 0.15) is 29.2 Å². The average molecular weight is 472 g/mol. The lowest BCUT2D eigenvalue weighted by atomic mass is 10.1. The van der Waals surface area contributed by atoms with E-state index >= 15 is 0 Å². The highest BCUT2D eigenvalue weighted by Gasteiger charge is 2.13. The highest BCUT2D eigenvalue weighted by Crippen LogP contribution is 2.30. The predicted octanol–water partition coefficient (Wildman–Crippen LogP) is 6.04. The summed E-state index contributed by atoms with van der Waals surface area (Å²) < 4.78 is 11.6. The van der Waals surface area contributed by atoms with Crippen molar-refractivity contribution in [2.75, 3.05) is 11.9 Å². The fourth-order valence-corrected chi connectivity index (χ4v) is 3.32. The van der Waals surface area contributed by atoms with Crippen molar-refractivity contribution in [3.63, 3.8) is 0 Å². The molecule has 6 nitrogen and oxygen atoms in total. The average Bonchev–Trinajstić information content (AvgIpc) is 2.84. The summed E-state index contributed by atoms with van der Waals surface area (Å²) in [5.41, 5.74) is 3.19. The summed E-state index contributed by atoms with van der Waals surface area (Å²) >= 11 is 6.01. The van der Waals surface area contributed by atoms with Gasteiger partial charge in [-0.05, 0) is 61.4 Å². The molecule has 0 saturated heterocycles. The summed E-state index contributed by atoms with van der Waals surface area (Å²) in [6.45, 7) is 4.28. The van der Waals surface area contributed by atoms with Crippen LogP contribution < -0.4 is 14.8 Å². The van der Waals surface area contributed by atoms with Crippen LogP contribution in [0.4, 0.5) is 5.69 Å². The summed E-state index contributed by atoms with van der Waals surface area (Å²) in [4.78, 5) is 12.7. The Morgan fingerprint density at radius 3 is 2.59 bits per heavy atom. The van der Waals surface area contributed by atoms with E-state index < -0.39 is 5.91 Å². The second kappa shape index (κ2) is 11.6. The van der Waals surface area contributed by atoms with Gasteiger partial charge >= 0.3 is 0 Å². The number of nitriles is 2. The van der Waals surface area contributed by atoms with Crippen LogP contribution in [0.3, 0.4) is 0 Å². The van der Waals surface area contributed by atoms with Gasteiger partial charge in [-0.15, -0.1) is 0 Å². The largest absolute Gasteiger partial charge is 0.490 e. The molecule has 0 aromatic heterocycles. The number of nitrogens with zero attached hydrogens (tertiary/aromatic N) is 2. The normalized spacial score (nSPS) is 10.7. The number of rotatable bonds is 8. The summed E-state index contributed by atoms with van der Waals surface area (Å²) in [5, 5.41) is 22.0. The highest BCUT2D eigenvalue weighted by atomic mass is 35.5. The van der Waals surface area contributed by atoms with E-state index in [1.54, 1.807) is 48.5 Å². The Bertz CT molecular complexity index is 1320. The molecule has 3 aromatic carbocycles. The van der Waals surface area contributed by atoms with Gasteiger partial charge in [0, 0.05) is 16.3 Å². The standard InChI is InChI=1S/C27H22ClN3O3/c1-3-33-26-13-19(9-11-25(26)34-17-21-7-5-4-6-20(21)15-29)12-22(16-30)27(32)31-24-14-23(28)10-8-18(24)2/h4-14H,3,17H2,1-2H3,(H,31,32)/b22-12+. The summed E-state index contributed by atoms with van der Waals surface area (Å²) in [5.74, 6) is 0.414. The number of carbonyl (C=O) groups excluding carboxylic acids is 1. The zero-order valence-electron chi connectivity index (χ0n) is 18.8. The SMILES string of the molecule is CCOc1cc(/C=C(\C#N)C(=O)Nc2cc(Cl)ccc2C)ccc1OCc1ccccc1C#N. The van der Waals surface area contributed by atoms with Crippen molar-refractivity contribution in [3.8, 4) is 23.6 Å². The summed E-state index contributed by atoms with van der Waals surface area (Å²) in [6, 6.07) is 21.6. The predicted molar refractivity (Wildman–Crippen MR) is 132 cm³/mol. The summed E-state index contributed by atoms with van der Waals surface area (Å²) in [7, 11) is 0. The van der Waals surface area contributed by atoms with E-state index in [9.17, 15) is 15.3 Å². The fourth-order valence-electron chi connectivity index (χ4n) is 3.15. The lowest BCUT2D eigenvalue weighted by Crippen LogP contribution is -2.14. The monoisotopic (exact) mass is 471 g/mol. The van der Waals surface area contributed by atoms with Crippen molar-refractivity contribution >= 4 is 29.3 Å². The maximum Gasteiger partial charge on any atom is 0.266 e. The number of anilines is 1. The van der Waals surface area contributed by atoms with Crippen molar-refractivity contribution in [3.05, 3.63) is 93.5 Å². The molecule has 0 aliphatic heterocycles. The lowest BCUT2D eigenvalue weighted by Gasteiger charge is -2.13. The maximum atomic E-state index is 12.7. The first-order chi connectivity index (χ1) is 16.4. The quantitative estimate of drug-likeness (QED) is 0.319. The van der Waals surface area contributed by atoms with Gasteiger partial charge in [-0.2, -0.15) is 10.5 Å². The third kappa shape index (κ3) is 6.16. The van der Waals surface area contributed by atoms with Crippen LogP contribution in [0.15, 0.2) is 66.2 Å². The molecule has 0 atom stereocenters. The number of carbonyl (C=O) groups is 1. The number of halogens is 1. The van der Waals surface area contributed by atoms with E-state index in [0.29, 0.717) is 39.9 Å². The van der Waals surface area contributed by atoms with Gasteiger partial charge in [-0.25, -0.2) is 0 Å². The number of amides is 1. The van der Waals surface area contributed by atoms with Gasteiger partial charge < -0.3 is 14.8 Å². The topological polar surface area (TPSA) is 95.1 Å². The molecule has 1 amide bonds. The Balaban J connectivity index is 1.82.